The summed E-state index contributed by atoms with van der Waals surface area (Å²) in [7, 11) is 0. The van der Waals surface area contributed by atoms with Crippen molar-refractivity contribution in [1.82, 2.24) is 4.90 Å². The van der Waals surface area contributed by atoms with Crippen molar-refractivity contribution >= 4 is 0 Å². The minimum Gasteiger partial charge on any atom is -0.330 e. The highest BCUT2D eigenvalue weighted by Gasteiger charge is 2.37. The molecule has 1 aliphatic heterocycles. The number of piperidine rings is 1. The third kappa shape index (κ3) is 3.52. The van der Waals surface area contributed by atoms with Crippen molar-refractivity contribution in [2.24, 2.45) is 23.5 Å². The molecule has 1 saturated carbocycles. The van der Waals surface area contributed by atoms with E-state index in [1.54, 1.807) is 0 Å². The van der Waals surface area contributed by atoms with E-state index in [-0.39, 0.29) is 0 Å². The van der Waals surface area contributed by atoms with Gasteiger partial charge in [0.05, 0.1) is 0 Å². The normalized spacial score (nSPS) is 41.4. The number of rotatable bonds is 4. The maximum absolute atomic E-state index is 6.07. The molecule has 2 heteroatoms. The van der Waals surface area contributed by atoms with E-state index in [0.29, 0.717) is 0 Å². The fourth-order valence-corrected chi connectivity index (χ4v) is 4.48. The summed E-state index contributed by atoms with van der Waals surface area (Å²) in [6.45, 7) is 9.41. The topological polar surface area (TPSA) is 29.3 Å². The first kappa shape index (κ1) is 15.3. The van der Waals surface area contributed by atoms with E-state index >= 15 is 0 Å². The molecule has 2 N–H and O–H groups in total. The summed E-state index contributed by atoms with van der Waals surface area (Å²) in [5.41, 5.74) is 6.07. The fourth-order valence-electron chi connectivity index (χ4n) is 4.48. The van der Waals surface area contributed by atoms with Crippen LogP contribution >= 0.6 is 0 Å². The van der Waals surface area contributed by atoms with Gasteiger partial charge in [-0.1, -0.05) is 33.1 Å². The summed E-state index contributed by atoms with van der Waals surface area (Å²) in [5, 5.41) is 0. The Labute approximate surface area is 120 Å². The maximum Gasteiger partial charge on any atom is 0.0141 e. The van der Waals surface area contributed by atoms with Gasteiger partial charge in [0, 0.05) is 12.1 Å². The Hall–Kier alpha value is -0.0800. The van der Waals surface area contributed by atoms with Gasteiger partial charge in [-0.3, -0.25) is 4.90 Å². The van der Waals surface area contributed by atoms with Crippen molar-refractivity contribution in [3.05, 3.63) is 0 Å². The highest BCUT2D eigenvalue weighted by molar-refractivity contribution is 4.92. The Kier molecular flexibility index (Phi) is 5.70. The minimum atomic E-state index is 0.751. The first-order valence-corrected chi connectivity index (χ1v) is 8.63. The van der Waals surface area contributed by atoms with E-state index in [0.717, 1.165) is 36.4 Å². The first-order chi connectivity index (χ1) is 9.17. The van der Waals surface area contributed by atoms with Crippen LogP contribution in [0.4, 0.5) is 0 Å². The van der Waals surface area contributed by atoms with Crippen LogP contribution in [0.15, 0.2) is 0 Å². The van der Waals surface area contributed by atoms with Crippen molar-refractivity contribution in [2.45, 2.75) is 77.8 Å². The van der Waals surface area contributed by atoms with Crippen molar-refractivity contribution in [1.29, 1.82) is 0 Å². The molecule has 1 saturated heterocycles. The van der Waals surface area contributed by atoms with Gasteiger partial charge in [0.15, 0.2) is 0 Å². The highest BCUT2D eigenvalue weighted by atomic mass is 15.2. The Balaban J connectivity index is 2.04. The second kappa shape index (κ2) is 7.08. The largest absolute Gasteiger partial charge is 0.330 e. The molecule has 0 aromatic rings. The Morgan fingerprint density at radius 3 is 2.63 bits per heavy atom. The van der Waals surface area contributed by atoms with Gasteiger partial charge in [-0.05, 0) is 63.5 Å². The lowest BCUT2D eigenvalue weighted by atomic mass is 9.74. The maximum atomic E-state index is 6.07. The molecule has 112 valence electrons. The smallest absolute Gasteiger partial charge is 0.0141 e. The van der Waals surface area contributed by atoms with Crippen molar-refractivity contribution in [2.75, 3.05) is 13.1 Å². The molecule has 0 amide bonds. The molecule has 5 atom stereocenters. The summed E-state index contributed by atoms with van der Waals surface area (Å²) < 4.78 is 0. The number of hydrogen-bond acceptors (Lipinski definition) is 2. The molecule has 0 aromatic heterocycles. The summed E-state index contributed by atoms with van der Waals surface area (Å²) in [6.07, 6.45) is 9.76. The van der Waals surface area contributed by atoms with Gasteiger partial charge in [-0.2, -0.15) is 0 Å². The molecule has 19 heavy (non-hydrogen) atoms. The van der Waals surface area contributed by atoms with E-state index < -0.39 is 0 Å². The van der Waals surface area contributed by atoms with E-state index in [4.69, 9.17) is 5.73 Å². The predicted molar refractivity (Wildman–Crippen MR) is 83.1 cm³/mol. The molecule has 2 nitrogen and oxygen atoms in total. The van der Waals surface area contributed by atoms with Gasteiger partial charge in [-0.15, -0.1) is 0 Å². The molecule has 5 unspecified atom stereocenters. The van der Waals surface area contributed by atoms with Crippen molar-refractivity contribution < 1.29 is 0 Å². The van der Waals surface area contributed by atoms with Crippen LogP contribution in [0.25, 0.3) is 0 Å². The monoisotopic (exact) mass is 266 g/mol. The van der Waals surface area contributed by atoms with Crippen LogP contribution in [0.1, 0.15) is 65.7 Å². The van der Waals surface area contributed by atoms with Crippen LogP contribution in [0.5, 0.6) is 0 Å². The second-order valence-electron chi connectivity index (χ2n) is 7.13. The molecular formula is C17H34N2. The summed E-state index contributed by atoms with van der Waals surface area (Å²) >= 11 is 0. The van der Waals surface area contributed by atoms with Gasteiger partial charge in [0.1, 0.15) is 0 Å². The van der Waals surface area contributed by atoms with Crippen LogP contribution in [-0.4, -0.2) is 30.1 Å². The standard InChI is InChI=1S/C17H34N2/c1-4-6-15-8-9-16(12-18)17(11-15)19-10-5-7-13(2)14(19)3/h13-17H,4-12,18H2,1-3H3. The molecule has 1 heterocycles. The highest BCUT2D eigenvalue weighted by Crippen LogP contribution is 2.37. The van der Waals surface area contributed by atoms with E-state index in [1.165, 1.54) is 51.5 Å². The zero-order valence-electron chi connectivity index (χ0n) is 13.3. The second-order valence-corrected chi connectivity index (χ2v) is 7.13. The lowest BCUT2D eigenvalue weighted by Crippen LogP contribution is -2.54. The zero-order chi connectivity index (χ0) is 13.8. The molecular weight excluding hydrogens is 232 g/mol. The zero-order valence-corrected chi connectivity index (χ0v) is 13.3. The van der Waals surface area contributed by atoms with Crippen molar-refractivity contribution in [3.63, 3.8) is 0 Å². The molecule has 0 aromatic carbocycles. The number of hydrogen-bond donors (Lipinski definition) is 1. The molecule has 2 aliphatic rings. The lowest BCUT2D eigenvalue weighted by Gasteiger charge is -2.49. The van der Waals surface area contributed by atoms with Crippen LogP contribution in [0.2, 0.25) is 0 Å². The SMILES string of the molecule is CCCC1CCC(CN)C(N2CCCC(C)C2C)C1. The number of likely N-dealkylation sites (tertiary alicyclic amines) is 1. The van der Waals surface area contributed by atoms with Crippen molar-refractivity contribution in [3.8, 4) is 0 Å². The molecule has 0 bridgehead atoms. The van der Waals surface area contributed by atoms with Gasteiger partial charge in [-0.25, -0.2) is 0 Å². The Morgan fingerprint density at radius 2 is 1.95 bits per heavy atom. The quantitative estimate of drug-likeness (QED) is 0.841. The molecule has 0 spiro atoms. The van der Waals surface area contributed by atoms with Crippen LogP contribution in [0, 0.1) is 17.8 Å². The molecule has 1 aliphatic carbocycles. The fraction of sp³-hybridized carbons (Fsp3) is 1.00. The van der Waals surface area contributed by atoms with Gasteiger partial charge in [0.25, 0.3) is 0 Å². The molecule has 0 radical (unpaired) electrons. The summed E-state index contributed by atoms with van der Waals surface area (Å²) in [5.74, 6) is 2.57. The third-order valence-corrected chi connectivity index (χ3v) is 5.91. The Morgan fingerprint density at radius 1 is 1.16 bits per heavy atom. The van der Waals surface area contributed by atoms with Gasteiger partial charge >= 0.3 is 0 Å². The molecule has 2 rings (SSSR count). The van der Waals surface area contributed by atoms with E-state index in [9.17, 15) is 0 Å². The number of nitrogens with zero attached hydrogens (tertiary/aromatic N) is 1. The Bertz CT molecular complexity index is 266. The van der Waals surface area contributed by atoms with Gasteiger partial charge in [0.2, 0.25) is 0 Å². The van der Waals surface area contributed by atoms with E-state index in [2.05, 4.69) is 25.7 Å². The van der Waals surface area contributed by atoms with Gasteiger partial charge < -0.3 is 5.73 Å². The summed E-state index contributed by atoms with van der Waals surface area (Å²) in [6, 6.07) is 1.53. The predicted octanol–water partition coefficient (Wildman–Crippen LogP) is 3.65. The van der Waals surface area contributed by atoms with Crippen LogP contribution < -0.4 is 5.73 Å². The molecule has 2 fully saturated rings. The van der Waals surface area contributed by atoms with Crippen LogP contribution in [0.3, 0.4) is 0 Å². The first-order valence-electron chi connectivity index (χ1n) is 8.63. The lowest BCUT2D eigenvalue weighted by molar-refractivity contribution is 0.00911. The third-order valence-electron chi connectivity index (χ3n) is 5.91. The number of nitrogens with two attached hydrogens (primary N) is 1. The minimum absolute atomic E-state index is 0.751. The van der Waals surface area contributed by atoms with Crippen LogP contribution in [-0.2, 0) is 0 Å². The average molecular weight is 266 g/mol. The summed E-state index contributed by atoms with van der Waals surface area (Å²) in [4.78, 5) is 2.83. The van der Waals surface area contributed by atoms with E-state index in [1.807, 2.05) is 0 Å². The average Bonchev–Trinajstić information content (AvgIpc) is 2.42.